The number of carbonyl (C=O) groups excluding carboxylic acids is 1. The summed E-state index contributed by atoms with van der Waals surface area (Å²) in [7, 11) is 0. The van der Waals surface area contributed by atoms with Crippen LogP contribution in [0.5, 0.6) is 0 Å². The van der Waals surface area contributed by atoms with Gasteiger partial charge in [-0.15, -0.1) is 11.3 Å². The van der Waals surface area contributed by atoms with Crippen LogP contribution in [0.4, 0.5) is 5.82 Å². The number of aromatic amines is 1. The molecule has 0 saturated heterocycles. The molecule has 1 aromatic carbocycles. The molecule has 0 fully saturated rings. The van der Waals surface area contributed by atoms with E-state index in [0.29, 0.717) is 27.5 Å². The fraction of sp³-hybridized carbons (Fsp3) is 0.143. The van der Waals surface area contributed by atoms with Crippen LogP contribution in [-0.2, 0) is 12.8 Å². The van der Waals surface area contributed by atoms with E-state index in [0.717, 1.165) is 35.4 Å². The maximum Gasteiger partial charge on any atom is 0.257 e. The normalized spacial score (nSPS) is 12.7. The zero-order chi connectivity index (χ0) is 20.7. The molecule has 2 N–H and O–H groups in total. The average Bonchev–Trinajstić information content (AvgIpc) is 3.48. The first-order valence-electron chi connectivity index (χ1n) is 9.42. The van der Waals surface area contributed by atoms with E-state index < -0.39 is 0 Å². The largest absolute Gasteiger partial charge is 0.306 e. The Kier molecular flexibility index (Phi) is 4.84. The van der Waals surface area contributed by atoms with E-state index in [2.05, 4.69) is 36.3 Å². The molecule has 0 atom stereocenters. The second-order valence-corrected chi connectivity index (χ2v) is 8.71. The smallest absolute Gasteiger partial charge is 0.257 e. The summed E-state index contributed by atoms with van der Waals surface area (Å²) < 4.78 is 2.18. The van der Waals surface area contributed by atoms with Gasteiger partial charge in [0.05, 0.1) is 16.1 Å². The highest BCUT2D eigenvalue weighted by Crippen LogP contribution is 2.28. The first-order valence-corrected chi connectivity index (χ1v) is 11.1. The number of aromatic nitrogens is 4. The number of fused-ring (bicyclic) bond motifs is 1. The number of benzene rings is 1. The molecule has 1 amide bonds. The second kappa shape index (κ2) is 7.66. The number of nitrogens with zero attached hydrogens (tertiary/aromatic N) is 3. The summed E-state index contributed by atoms with van der Waals surface area (Å²) in [6, 6.07) is 12.9. The molecule has 1 aliphatic carbocycles. The van der Waals surface area contributed by atoms with Gasteiger partial charge in [0.15, 0.2) is 0 Å². The van der Waals surface area contributed by atoms with Gasteiger partial charge in [0, 0.05) is 16.1 Å². The van der Waals surface area contributed by atoms with Crippen molar-refractivity contribution in [2.75, 3.05) is 5.32 Å². The van der Waals surface area contributed by atoms with Gasteiger partial charge < -0.3 is 5.32 Å². The van der Waals surface area contributed by atoms with Gasteiger partial charge in [0.1, 0.15) is 11.5 Å². The van der Waals surface area contributed by atoms with Crippen molar-refractivity contribution in [3.05, 3.63) is 79.5 Å². The van der Waals surface area contributed by atoms with Gasteiger partial charge in [-0.3, -0.25) is 14.6 Å². The minimum absolute atomic E-state index is 0.149. The number of amides is 1. The van der Waals surface area contributed by atoms with Crippen molar-refractivity contribution in [1.29, 1.82) is 0 Å². The highest BCUT2D eigenvalue weighted by Gasteiger charge is 2.21. The van der Waals surface area contributed by atoms with E-state index in [1.807, 2.05) is 29.6 Å². The third-order valence-corrected chi connectivity index (χ3v) is 6.56. The number of H-pyrrole nitrogens is 1. The van der Waals surface area contributed by atoms with Crippen LogP contribution < -0.4 is 10.9 Å². The van der Waals surface area contributed by atoms with Crippen molar-refractivity contribution in [1.82, 2.24) is 19.7 Å². The Morgan fingerprint density at radius 2 is 2.07 bits per heavy atom. The third-order valence-electron chi connectivity index (χ3n) is 4.97. The van der Waals surface area contributed by atoms with Gasteiger partial charge in [-0.2, -0.15) is 9.78 Å². The number of carbonyl (C=O) groups is 1. The Labute approximate surface area is 183 Å². The molecule has 3 heterocycles. The molecule has 1 aliphatic rings. The molecule has 7 nitrogen and oxygen atoms in total. The van der Waals surface area contributed by atoms with E-state index in [-0.39, 0.29) is 11.5 Å². The summed E-state index contributed by atoms with van der Waals surface area (Å²) in [5, 5.41) is 9.50. The summed E-state index contributed by atoms with van der Waals surface area (Å²) in [6.07, 6.45) is 2.42. The standard InChI is InChI=1S/C21H16BrN5O2S/c22-14-7-2-1-5-12(14)19(28)24-18-11-16(17-9-4-10-30-17)26-27(18)21-23-15-8-3-6-13(15)20(29)25-21/h1-2,4-5,7,9-11H,3,6,8H2,(H,24,28)(H,23,25,29). The molecular formula is C21H16BrN5O2S. The predicted molar refractivity (Wildman–Crippen MR) is 119 cm³/mol. The van der Waals surface area contributed by atoms with Crippen LogP contribution in [0.25, 0.3) is 16.5 Å². The Bertz CT molecular complexity index is 1310. The number of nitrogens with one attached hydrogen (secondary N) is 2. The second-order valence-electron chi connectivity index (χ2n) is 6.91. The zero-order valence-corrected chi connectivity index (χ0v) is 18.1. The van der Waals surface area contributed by atoms with Crippen molar-refractivity contribution in [2.24, 2.45) is 0 Å². The molecular weight excluding hydrogens is 466 g/mol. The first kappa shape index (κ1) is 19.0. The molecule has 0 aliphatic heterocycles. The van der Waals surface area contributed by atoms with Gasteiger partial charge >= 0.3 is 0 Å². The third kappa shape index (κ3) is 3.40. The number of aryl methyl sites for hydroxylation is 1. The summed E-state index contributed by atoms with van der Waals surface area (Å²) in [5.41, 5.74) is 2.57. The Hall–Kier alpha value is -3.04. The Balaban J connectivity index is 1.60. The minimum atomic E-state index is -0.287. The lowest BCUT2D eigenvalue weighted by atomic mass is 10.2. The average molecular weight is 482 g/mol. The summed E-state index contributed by atoms with van der Waals surface area (Å²) in [4.78, 5) is 33.8. The fourth-order valence-corrected chi connectivity index (χ4v) is 4.68. The zero-order valence-electron chi connectivity index (χ0n) is 15.7. The molecule has 5 rings (SSSR count). The number of rotatable bonds is 4. The number of anilines is 1. The monoisotopic (exact) mass is 481 g/mol. The molecule has 3 aromatic heterocycles. The maximum absolute atomic E-state index is 12.9. The molecule has 4 aromatic rings. The molecule has 150 valence electrons. The molecule has 0 spiro atoms. The van der Waals surface area contributed by atoms with Crippen molar-refractivity contribution in [2.45, 2.75) is 19.3 Å². The molecule has 30 heavy (non-hydrogen) atoms. The van der Waals surface area contributed by atoms with Gasteiger partial charge in [0.2, 0.25) is 5.95 Å². The lowest BCUT2D eigenvalue weighted by Gasteiger charge is -2.10. The molecule has 0 saturated carbocycles. The number of hydrogen-bond acceptors (Lipinski definition) is 5. The molecule has 0 unspecified atom stereocenters. The number of hydrogen-bond donors (Lipinski definition) is 2. The lowest BCUT2D eigenvalue weighted by molar-refractivity contribution is 0.102. The highest BCUT2D eigenvalue weighted by molar-refractivity contribution is 9.10. The Morgan fingerprint density at radius 1 is 1.20 bits per heavy atom. The van der Waals surface area contributed by atoms with Gasteiger partial charge in [-0.05, 0) is 58.8 Å². The SMILES string of the molecule is O=C(Nc1cc(-c2cccs2)nn1-c1nc2c(c(=O)[nH]1)CCC2)c1ccccc1Br. The first-order chi connectivity index (χ1) is 14.6. The number of halogens is 1. The maximum atomic E-state index is 12.9. The van der Waals surface area contributed by atoms with Gasteiger partial charge in [-0.25, -0.2) is 4.98 Å². The van der Waals surface area contributed by atoms with Crippen LogP contribution in [0, 0.1) is 0 Å². The number of thiophene rings is 1. The van der Waals surface area contributed by atoms with Crippen LogP contribution in [-0.4, -0.2) is 25.7 Å². The minimum Gasteiger partial charge on any atom is -0.306 e. The highest BCUT2D eigenvalue weighted by atomic mass is 79.9. The fourth-order valence-electron chi connectivity index (χ4n) is 3.53. The van der Waals surface area contributed by atoms with E-state index >= 15 is 0 Å². The van der Waals surface area contributed by atoms with Crippen LogP contribution in [0.2, 0.25) is 0 Å². The van der Waals surface area contributed by atoms with Crippen LogP contribution in [0.1, 0.15) is 28.0 Å². The van der Waals surface area contributed by atoms with E-state index in [9.17, 15) is 9.59 Å². The molecule has 0 radical (unpaired) electrons. The topological polar surface area (TPSA) is 92.7 Å². The van der Waals surface area contributed by atoms with Crippen molar-refractivity contribution >= 4 is 39.0 Å². The quantitative estimate of drug-likeness (QED) is 0.457. The lowest BCUT2D eigenvalue weighted by Crippen LogP contribution is -2.21. The van der Waals surface area contributed by atoms with Gasteiger partial charge in [0.25, 0.3) is 11.5 Å². The molecule has 9 heteroatoms. The van der Waals surface area contributed by atoms with Crippen molar-refractivity contribution in [3.8, 4) is 16.5 Å². The van der Waals surface area contributed by atoms with Gasteiger partial charge in [-0.1, -0.05) is 18.2 Å². The van der Waals surface area contributed by atoms with E-state index in [1.54, 1.807) is 29.5 Å². The summed E-state index contributed by atoms with van der Waals surface area (Å²) in [6.45, 7) is 0. The Morgan fingerprint density at radius 3 is 2.87 bits per heavy atom. The van der Waals surface area contributed by atoms with E-state index in [1.165, 1.54) is 4.68 Å². The predicted octanol–water partition coefficient (Wildman–Crippen LogP) is 4.19. The van der Waals surface area contributed by atoms with Crippen molar-refractivity contribution < 1.29 is 4.79 Å². The van der Waals surface area contributed by atoms with E-state index in [4.69, 9.17) is 0 Å². The summed E-state index contributed by atoms with van der Waals surface area (Å²) >= 11 is 4.96. The van der Waals surface area contributed by atoms with Crippen LogP contribution in [0.15, 0.2) is 57.1 Å². The molecule has 0 bridgehead atoms. The van der Waals surface area contributed by atoms with Crippen LogP contribution >= 0.6 is 27.3 Å². The summed E-state index contributed by atoms with van der Waals surface area (Å²) in [5.74, 6) is 0.441. The van der Waals surface area contributed by atoms with Crippen LogP contribution in [0.3, 0.4) is 0 Å². The van der Waals surface area contributed by atoms with Crippen molar-refractivity contribution in [3.63, 3.8) is 0 Å².